The van der Waals surface area contributed by atoms with Crippen molar-refractivity contribution in [3.63, 3.8) is 0 Å². The van der Waals surface area contributed by atoms with Gasteiger partial charge in [0.2, 0.25) is 0 Å². The molecule has 1 heterocycles. The molecule has 6 heteroatoms. The average molecular weight is 343 g/mol. The number of carbonyl (C=O) groups is 1. The lowest BCUT2D eigenvalue weighted by Crippen LogP contribution is -2.11. The van der Waals surface area contributed by atoms with E-state index in [9.17, 15) is 4.79 Å². The quantitative estimate of drug-likeness (QED) is 0.374. The minimum absolute atomic E-state index is 0.337. The van der Waals surface area contributed by atoms with Gasteiger partial charge in [-0.25, -0.2) is 9.63 Å². The molecule has 0 radical (unpaired) electrons. The van der Waals surface area contributed by atoms with Gasteiger partial charge in [-0.2, -0.15) is 5.10 Å². The molecule has 0 atom stereocenters. The van der Waals surface area contributed by atoms with E-state index in [2.05, 4.69) is 34.0 Å². The number of pyridine rings is 1. The van der Waals surface area contributed by atoms with Crippen LogP contribution in [0.25, 0.3) is 0 Å². The van der Waals surface area contributed by atoms with Crippen LogP contribution in [0.15, 0.2) is 40.3 Å². The first kappa shape index (κ1) is 18.0. The van der Waals surface area contributed by atoms with Crippen LogP contribution in [0.1, 0.15) is 39.8 Å². The molecule has 24 heavy (non-hydrogen) atoms. The molecule has 0 aliphatic carbocycles. The van der Waals surface area contributed by atoms with Gasteiger partial charge in [-0.1, -0.05) is 17.7 Å². The summed E-state index contributed by atoms with van der Waals surface area (Å²) >= 11 is 1.42. The highest BCUT2D eigenvalue weighted by Crippen LogP contribution is 2.16. The second-order valence-corrected chi connectivity index (χ2v) is 6.17. The summed E-state index contributed by atoms with van der Waals surface area (Å²) in [4.78, 5) is 20.3. The van der Waals surface area contributed by atoms with Crippen LogP contribution in [0.2, 0.25) is 0 Å². The van der Waals surface area contributed by atoms with Crippen LogP contribution in [-0.2, 0) is 4.74 Å². The van der Waals surface area contributed by atoms with Crippen molar-refractivity contribution in [1.82, 2.24) is 9.82 Å². The van der Waals surface area contributed by atoms with Crippen LogP contribution in [0.3, 0.4) is 0 Å². The maximum atomic E-state index is 11.9. The Morgan fingerprint density at radius 2 is 2.00 bits per heavy atom. The van der Waals surface area contributed by atoms with Crippen LogP contribution in [0.5, 0.6) is 0 Å². The van der Waals surface area contributed by atoms with Crippen molar-refractivity contribution in [2.75, 3.05) is 6.61 Å². The zero-order valence-corrected chi connectivity index (χ0v) is 15.1. The number of hydrogen-bond donors (Lipinski definition) is 1. The summed E-state index contributed by atoms with van der Waals surface area (Å²) < 4.78 is 5.06. The Labute approximate surface area is 146 Å². The lowest BCUT2D eigenvalue weighted by atomic mass is 10.1. The second-order valence-electron chi connectivity index (χ2n) is 5.31. The molecule has 0 aliphatic heterocycles. The van der Waals surface area contributed by atoms with E-state index < -0.39 is 0 Å². The number of hydrazone groups is 1. The molecule has 1 N–H and O–H groups in total. The largest absolute Gasteiger partial charge is 0.462 e. The van der Waals surface area contributed by atoms with Crippen LogP contribution < -0.4 is 4.83 Å². The summed E-state index contributed by atoms with van der Waals surface area (Å²) in [6, 6.07) is 9.99. The number of hydrogen-bond acceptors (Lipinski definition) is 6. The van der Waals surface area contributed by atoms with Crippen molar-refractivity contribution >= 4 is 24.1 Å². The number of carbonyl (C=O) groups excluding carboxylic acids is 1. The van der Waals surface area contributed by atoms with E-state index in [1.165, 1.54) is 17.5 Å². The average Bonchev–Trinajstić information content (AvgIpc) is 2.53. The van der Waals surface area contributed by atoms with Gasteiger partial charge in [-0.3, -0.25) is 4.98 Å². The normalized spacial score (nSPS) is 10.8. The molecule has 5 nitrogen and oxygen atoms in total. The van der Waals surface area contributed by atoms with Crippen LogP contribution in [0.4, 0.5) is 0 Å². The van der Waals surface area contributed by atoms with Gasteiger partial charge in [-0.05, 0) is 51.5 Å². The first-order valence-electron chi connectivity index (χ1n) is 7.68. The van der Waals surface area contributed by atoms with Gasteiger partial charge in [0.25, 0.3) is 0 Å². The zero-order valence-electron chi connectivity index (χ0n) is 14.3. The van der Waals surface area contributed by atoms with Crippen molar-refractivity contribution in [3.8, 4) is 0 Å². The van der Waals surface area contributed by atoms with Gasteiger partial charge in [0.1, 0.15) is 0 Å². The van der Waals surface area contributed by atoms with E-state index in [0.29, 0.717) is 23.6 Å². The monoisotopic (exact) mass is 343 g/mol. The van der Waals surface area contributed by atoms with Crippen molar-refractivity contribution in [2.24, 2.45) is 5.10 Å². The summed E-state index contributed by atoms with van der Waals surface area (Å²) in [6.45, 7) is 7.85. The third-order valence-corrected chi connectivity index (χ3v) is 4.04. The zero-order chi connectivity index (χ0) is 17.5. The summed E-state index contributed by atoms with van der Waals surface area (Å²) in [5, 5.41) is 4.16. The predicted octanol–water partition coefficient (Wildman–Crippen LogP) is 3.81. The Morgan fingerprint density at radius 1 is 1.29 bits per heavy atom. The molecular weight excluding hydrogens is 322 g/mol. The third kappa shape index (κ3) is 4.83. The molecule has 0 spiro atoms. The van der Waals surface area contributed by atoms with E-state index in [-0.39, 0.29) is 5.97 Å². The number of esters is 1. The van der Waals surface area contributed by atoms with Crippen molar-refractivity contribution in [2.45, 2.75) is 32.6 Å². The molecular formula is C18H21N3O2S. The van der Waals surface area contributed by atoms with Crippen LogP contribution >= 0.6 is 11.9 Å². The van der Waals surface area contributed by atoms with Crippen LogP contribution in [0, 0.1) is 20.8 Å². The maximum absolute atomic E-state index is 11.9. The van der Waals surface area contributed by atoms with Gasteiger partial charge < -0.3 is 4.74 Å². The molecule has 0 saturated heterocycles. The van der Waals surface area contributed by atoms with Gasteiger partial charge >= 0.3 is 5.97 Å². The molecule has 0 saturated carbocycles. The van der Waals surface area contributed by atoms with E-state index in [1.807, 2.05) is 25.1 Å². The smallest absolute Gasteiger partial charge is 0.340 e. The molecule has 0 fully saturated rings. The Balaban J connectivity index is 2.02. The number of benzene rings is 1. The summed E-state index contributed by atoms with van der Waals surface area (Å²) in [5.74, 6) is -0.337. The highest BCUT2D eigenvalue weighted by atomic mass is 32.2. The standard InChI is InChI=1S/C18H21N3O2S/c1-5-23-18(22)17-13(3)10-15(20-14(17)4)11-19-21-24-16-8-6-12(2)7-9-16/h6-11,21H,5H2,1-4H3/b19-11+. The fourth-order valence-corrected chi connectivity index (χ4v) is 2.70. The Kier molecular flexibility index (Phi) is 6.37. The number of nitrogens with zero attached hydrogens (tertiary/aromatic N) is 2. The minimum Gasteiger partial charge on any atom is -0.462 e. The van der Waals surface area contributed by atoms with E-state index in [4.69, 9.17) is 4.74 Å². The highest BCUT2D eigenvalue weighted by molar-refractivity contribution is 7.97. The summed E-state index contributed by atoms with van der Waals surface area (Å²) in [7, 11) is 0. The third-order valence-electron chi connectivity index (χ3n) is 3.33. The van der Waals surface area contributed by atoms with Gasteiger partial charge in [0.05, 0.1) is 29.8 Å². The van der Waals surface area contributed by atoms with Gasteiger partial charge in [0, 0.05) is 16.8 Å². The molecule has 0 bridgehead atoms. The Hall–Kier alpha value is -2.34. The summed E-state index contributed by atoms with van der Waals surface area (Å²) in [5.41, 5.74) is 3.90. The molecule has 1 aromatic carbocycles. The topological polar surface area (TPSA) is 63.6 Å². The van der Waals surface area contributed by atoms with Crippen molar-refractivity contribution < 1.29 is 9.53 Å². The number of aromatic nitrogens is 1. The minimum atomic E-state index is -0.337. The molecule has 0 aliphatic rings. The first-order chi connectivity index (χ1) is 11.5. The lowest BCUT2D eigenvalue weighted by Gasteiger charge is -2.09. The highest BCUT2D eigenvalue weighted by Gasteiger charge is 2.15. The fraction of sp³-hybridized carbons (Fsp3) is 0.278. The Morgan fingerprint density at radius 3 is 2.62 bits per heavy atom. The van der Waals surface area contributed by atoms with E-state index in [1.54, 1.807) is 20.1 Å². The van der Waals surface area contributed by atoms with E-state index >= 15 is 0 Å². The number of aryl methyl sites for hydroxylation is 3. The molecule has 2 rings (SSSR count). The molecule has 0 unspecified atom stereocenters. The van der Waals surface area contributed by atoms with E-state index in [0.717, 1.165) is 10.5 Å². The molecule has 0 amide bonds. The molecule has 126 valence electrons. The number of nitrogens with one attached hydrogen (secondary N) is 1. The van der Waals surface area contributed by atoms with Crippen LogP contribution in [-0.4, -0.2) is 23.8 Å². The van der Waals surface area contributed by atoms with Crippen molar-refractivity contribution in [1.29, 1.82) is 0 Å². The molecule has 1 aromatic heterocycles. The number of ether oxygens (including phenoxy) is 1. The number of rotatable bonds is 6. The molecule has 2 aromatic rings. The summed E-state index contributed by atoms with van der Waals surface area (Å²) in [6.07, 6.45) is 1.64. The van der Waals surface area contributed by atoms with Crippen molar-refractivity contribution in [3.05, 3.63) is 58.4 Å². The van der Waals surface area contributed by atoms with Gasteiger partial charge in [0.15, 0.2) is 0 Å². The SMILES string of the molecule is CCOC(=O)c1c(C)cc(/C=N/NSc2ccc(C)cc2)nc1C. The maximum Gasteiger partial charge on any atom is 0.340 e. The predicted molar refractivity (Wildman–Crippen MR) is 97.4 cm³/mol. The lowest BCUT2D eigenvalue weighted by molar-refractivity contribution is 0.0524. The fourth-order valence-electron chi connectivity index (χ4n) is 2.22. The Bertz CT molecular complexity index is 719. The first-order valence-corrected chi connectivity index (χ1v) is 8.50. The van der Waals surface area contributed by atoms with Gasteiger partial charge in [-0.15, -0.1) is 0 Å². The second kappa shape index (κ2) is 8.49.